The quantitative estimate of drug-likeness (QED) is 0.718. The van der Waals surface area contributed by atoms with Crippen LogP contribution >= 0.6 is 0 Å². The molecule has 0 N–H and O–H groups in total. The summed E-state index contributed by atoms with van der Waals surface area (Å²) in [7, 11) is 6.11. The zero-order valence-electron chi connectivity index (χ0n) is 19.2. The number of carbonyl (C=O) groups is 1. The van der Waals surface area contributed by atoms with Gasteiger partial charge < -0.3 is 9.80 Å². The number of amides is 1. The molecular weight excluding hydrogens is 372 g/mol. The monoisotopic (exact) mass is 412 g/mol. The first kappa shape index (κ1) is 21.8. The Kier molecular flexibility index (Phi) is 7.12. The summed E-state index contributed by atoms with van der Waals surface area (Å²) < 4.78 is 0. The van der Waals surface area contributed by atoms with E-state index in [1.807, 2.05) is 11.9 Å². The van der Waals surface area contributed by atoms with Crippen molar-refractivity contribution >= 4 is 5.91 Å². The fourth-order valence-electron chi connectivity index (χ4n) is 5.72. The summed E-state index contributed by atoms with van der Waals surface area (Å²) in [6, 6.07) is 10.3. The Bertz CT molecular complexity index is 688. The second-order valence-corrected chi connectivity index (χ2v) is 10.00. The van der Waals surface area contributed by atoms with E-state index in [2.05, 4.69) is 53.1 Å². The summed E-state index contributed by atoms with van der Waals surface area (Å²) in [6.07, 6.45) is 7.17. The summed E-state index contributed by atoms with van der Waals surface area (Å²) in [4.78, 5) is 22.4. The van der Waals surface area contributed by atoms with Crippen LogP contribution in [0.3, 0.4) is 0 Å². The molecule has 0 radical (unpaired) electrons. The van der Waals surface area contributed by atoms with Gasteiger partial charge in [0.2, 0.25) is 5.91 Å². The predicted molar refractivity (Wildman–Crippen MR) is 123 cm³/mol. The Hall–Kier alpha value is -1.43. The van der Waals surface area contributed by atoms with Gasteiger partial charge in [0.25, 0.3) is 0 Å². The van der Waals surface area contributed by atoms with E-state index in [-0.39, 0.29) is 5.92 Å². The molecule has 30 heavy (non-hydrogen) atoms. The van der Waals surface area contributed by atoms with E-state index in [1.54, 1.807) is 11.1 Å². The van der Waals surface area contributed by atoms with Crippen molar-refractivity contribution in [2.75, 3.05) is 60.4 Å². The average molecular weight is 413 g/mol. The number of hydrogen-bond acceptors (Lipinski definition) is 4. The molecule has 4 rings (SSSR count). The number of hydrogen-bond donors (Lipinski definition) is 0. The van der Waals surface area contributed by atoms with Crippen molar-refractivity contribution < 1.29 is 4.79 Å². The molecule has 1 atom stereocenters. The molecule has 2 aliphatic heterocycles. The van der Waals surface area contributed by atoms with Gasteiger partial charge in [-0.3, -0.25) is 14.6 Å². The van der Waals surface area contributed by atoms with Crippen LogP contribution in [0.4, 0.5) is 0 Å². The number of likely N-dealkylation sites (tertiary alicyclic amines) is 2. The fourth-order valence-corrected chi connectivity index (χ4v) is 5.72. The third kappa shape index (κ3) is 5.06. The molecule has 1 aliphatic carbocycles. The Morgan fingerprint density at radius 1 is 0.900 bits per heavy atom. The fraction of sp³-hybridized carbons (Fsp3) is 0.720. The Labute approximate surface area is 183 Å². The molecule has 0 saturated carbocycles. The van der Waals surface area contributed by atoms with E-state index in [0.29, 0.717) is 18.0 Å². The van der Waals surface area contributed by atoms with E-state index >= 15 is 0 Å². The van der Waals surface area contributed by atoms with Crippen molar-refractivity contribution in [3.63, 3.8) is 0 Å². The highest BCUT2D eigenvalue weighted by Gasteiger charge is 2.35. The van der Waals surface area contributed by atoms with Gasteiger partial charge in [-0.25, -0.2) is 0 Å². The smallest absolute Gasteiger partial charge is 0.226 e. The summed E-state index contributed by atoms with van der Waals surface area (Å²) in [5.41, 5.74) is 3.11. The maximum absolute atomic E-state index is 12.9. The average Bonchev–Trinajstić information content (AvgIpc) is 3.21. The van der Waals surface area contributed by atoms with Crippen LogP contribution in [0.2, 0.25) is 0 Å². The number of fused-ring (bicyclic) bond motifs is 1. The third-order valence-electron chi connectivity index (χ3n) is 7.62. The topological polar surface area (TPSA) is 30.0 Å². The van der Waals surface area contributed by atoms with Gasteiger partial charge in [-0.1, -0.05) is 24.3 Å². The molecule has 5 heteroatoms. The van der Waals surface area contributed by atoms with E-state index in [1.165, 1.54) is 45.3 Å². The first-order valence-corrected chi connectivity index (χ1v) is 12.0. The molecule has 1 unspecified atom stereocenters. The zero-order chi connectivity index (χ0) is 21.1. The van der Waals surface area contributed by atoms with Crippen molar-refractivity contribution in [1.29, 1.82) is 0 Å². The first-order chi connectivity index (χ1) is 14.5. The number of nitrogens with zero attached hydrogens (tertiary/aromatic N) is 4. The van der Waals surface area contributed by atoms with Crippen molar-refractivity contribution in [3.8, 4) is 0 Å². The third-order valence-corrected chi connectivity index (χ3v) is 7.62. The molecule has 1 aromatic carbocycles. The zero-order valence-corrected chi connectivity index (χ0v) is 19.2. The Morgan fingerprint density at radius 2 is 1.57 bits per heavy atom. The predicted octanol–water partition coefficient (Wildman–Crippen LogP) is 2.35. The minimum absolute atomic E-state index is 0.188. The van der Waals surface area contributed by atoms with Crippen LogP contribution in [0.25, 0.3) is 0 Å². The van der Waals surface area contributed by atoms with Gasteiger partial charge in [0.15, 0.2) is 0 Å². The van der Waals surface area contributed by atoms with Crippen LogP contribution in [0.1, 0.15) is 36.8 Å². The summed E-state index contributed by atoms with van der Waals surface area (Å²) in [5, 5.41) is 0. The molecule has 166 valence electrons. The lowest BCUT2D eigenvalue weighted by atomic mass is 9.92. The van der Waals surface area contributed by atoms with E-state index in [0.717, 1.165) is 32.5 Å². The van der Waals surface area contributed by atoms with Crippen LogP contribution in [-0.4, -0.2) is 98.0 Å². The van der Waals surface area contributed by atoms with Gasteiger partial charge in [0.05, 0.1) is 5.92 Å². The molecule has 1 aromatic rings. The minimum atomic E-state index is 0.188. The van der Waals surface area contributed by atoms with Gasteiger partial charge in [-0.2, -0.15) is 0 Å². The maximum atomic E-state index is 12.9. The highest BCUT2D eigenvalue weighted by Crippen LogP contribution is 2.30. The second-order valence-electron chi connectivity index (χ2n) is 10.00. The molecule has 0 spiro atoms. The second kappa shape index (κ2) is 9.80. The van der Waals surface area contributed by atoms with E-state index in [9.17, 15) is 4.79 Å². The largest absolute Gasteiger partial charge is 0.344 e. The molecule has 2 saturated heterocycles. The highest BCUT2D eigenvalue weighted by molar-refractivity contribution is 5.78. The van der Waals surface area contributed by atoms with Gasteiger partial charge in [0.1, 0.15) is 0 Å². The normalized spacial score (nSPS) is 24.3. The molecule has 0 bridgehead atoms. The van der Waals surface area contributed by atoms with Crippen molar-refractivity contribution in [2.45, 2.75) is 50.6 Å². The van der Waals surface area contributed by atoms with Crippen LogP contribution in [-0.2, 0) is 17.6 Å². The Balaban J connectivity index is 1.25. The lowest BCUT2D eigenvalue weighted by molar-refractivity contribution is -0.136. The lowest BCUT2D eigenvalue weighted by Gasteiger charge is -2.43. The number of likely N-dealkylation sites (N-methyl/N-ethyl adjacent to an activating group) is 2. The van der Waals surface area contributed by atoms with E-state index in [4.69, 9.17) is 0 Å². The molecule has 2 heterocycles. The molecule has 2 fully saturated rings. The highest BCUT2D eigenvalue weighted by atomic mass is 16.2. The van der Waals surface area contributed by atoms with Crippen LogP contribution < -0.4 is 0 Å². The van der Waals surface area contributed by atoms with Crippen LogP contribution in [0.5, 0.6) is 0 Å². The number of carbonyl (C=O) groups excluding carboxylic acids is 1. The van der Waals surface area contributed by atoms with Gasteiger partial charge in [0, 0.05) is 38.8 Å². The van der Waals surface area contributed by atoms with Crippen LogP contribution in [0.15, 0.2) is 24.3 Å². The van der Waals surface area contributed by atoms with Crippen molar-refractivity contribution in [2.24, 2.45) is 5.92 Å². The van der Waals surface area contributed by atoms with Crippen LogP contribution in [0, 0.1) is 5.92 Å². The van der Waals surface area contributed by atoms with Gasteiger partial charge >= 0.3 is 0 Å². The Morgan fingerprint density at radius 3 is 2.20 bits per heavy atom. The van der Waals surface area contributed by atoms with Crippen molar-refractivity contribution in [3.05, 3.63) is 35.4 Å². The minimum Gasteiger partial charge on any atom is -0.344 e. The number of rotatable bonds is 6. The molecule has 0 aromatic heterocycles. The van der Waals surface area contributed by atoms with Gasteiger partial charge in [-0.05, 0) is 83.4 Å². The standard InChI is InChI=1S/C25H40N4O/c1-26(2)15-16-27(3)25(30)22-9-6-12-29(19-22)23-10-13-28(14-11-23)24-17-20-7-4-5-8-21(20)18-24/h4-5,7-8,22-24H,6,9-19H2,1-3H3. The molecule has 3 aliphatic rings. The lowest BCUT2D eigenvalue weighted by Crippen LogP contribution is -2.52. The molecule has 5 nitrogen and oxygen atoms in total. The van der Waals surface area contributed by atoms with Gasteiger partial charge in [-0.15, -0.1) is 0 Å². The van der Waals surface area contributed by atoms with Crippen molar-refractivity contribution in [1.82, 2.24) is 19.6 Å². The maximum Gasteiger partial charge on any atom is 0.226 e. The summed E-state index contributed by atoms with van der Waals surface area (Å²) in [6.45, 7) is 6.31. The number of piperidine rings is 2. The van der Waals surface area contributed by atoms with E-state index < -0.39 is 0 Å². The first-order valence-electron chi connectivity index (χ1n) is 12.0. The number of benzene rings is 1. The SMILES string of the molecule is CN(C)CCN(C)C(=O)C1CCCN(C2CCN(C3Cc4ccccc4C3)CC2)C1. The summed E-state index contributed by atoms with van der Waals surface area (Å²) >= 11 is 0. The molecule has 1 amide bonds. The molecular formula is C25H40N4O. The summed E-state index contributed by atoms with van der Waals surface area (Å²) in [5.74, 6) is 0.538.